The molecule has 1 aliphatic rings. The van der Waals surface area contributed by atoms with Crippen molar-refractivity contribution in [3.63, 3.8) is 0 Å². The minimum Gasteiger partial charge on any atom is -0.336 e. The summed E-state index contributed by atoms with van der Waals surface area (Å²) in [7, 11) is 0. The molecule has 0 N–H and O–H groups in total. The monoisotopic (exact) mass is 489 g/mol. The lowest BCUT2D eigenvalue weighted by molar-refractivity contribution is 0.979. The Bertz CT molecular complexity index is 1660. The lowest BCUT2D eigenvalue weighted by Gasteiger charge is -2.26. The molecule has 1 heteroatoms. The van der Waals surface area contributed by atoms with Gasteiger partial charge in [-0.2, -0.15) is 0 Å². The summed E-state index contributed by atoms with van der Waals surface area (Å²) < 4.78 is 0. The number of aryl methyl sites for hydroxylation is 1. The third-order valence-corrected chi connectivity index (χ3v) is 7.53. The summed E-state index contributed by atoms with van der Waals surface area (Å²) in [6, 6.07) is 41.7. The molecule has 0 unspecified atom stereocenters. The van der Waals surface area contributed by atoms with Crippen LogP contribution in [0.1, 0.15) is 34.7 Å². The molecule has 0 spiro atoms. The predicted octanol–water partition coefficient (Wildman–Crippen LogP) is 10.1. The van der Waals surface area contributed by atoms with E-state index < -0.39 is 0 Å². The topological polar surface area (TPSA) is 3.24 Å². The first-order valence-electron chi connectivity index (χ1n) is 13.2. The second-order valence-electron chi connectivity index (χ2n) is 9.94. The van der Waals surface area contributed by atoms with E-state index >= 15 is 0 Å². The van der Waals surface area contributed by atoms with Crippen LogP contribution in [0.4, 0.5) is 11.4 Å². The van der Waals surface area contributed by atoms with Gasteiger partial charge in [-0.05, 0) is 94.3 Å². The normalized spacial score (nSPS) is 12.8. The van der Waals surface area contributed by atoms with Crippen molar-refractivity contribution in [3.05, 3.63) is 156 Å². The zero-order valence-corrected chi connectivity index (χ0v) is 22.0. The Kier molecular flexibility index (Phi) is 6.27. The van der Waals surface area contributed by atoms with E-state index in [-0.39, 0.29) is 0 Å². The van der Waals surface area contributed by atoms with E-state index in [0.29, 0.717) is 0 Å². The molecule has 38 heavy (non-hydrogen) atoms. The Morgan fingerprint density at radius 2 is 1.32 bits per heavy atom. The molecule has 5 aromatic rings. The molecule has 1 nitrogen and oxygen atoms in total. The lowest BCUT2D eigenvalue weighted by Crippen LogP contribution is -2.16. The number of hydrogen-bond donors (Lipinski definition) is 0. The molecular formula is C37H31N. The number of nitrogens with zero attached hydrogens (tertiary/aromatic N) is 1. The van der Waals surface area contributed by atoms with Crippen molar-refractivity contribution in [1.82, 2.24) is 0 Å². The molecule has 6 rings (SSSR count). The number of rotatable bonds is 4. The average molecular weight is 490 g/mol. The van der Waals surface area contributed by atoms with Crippen molar-refractivity contribution >= 4 is 23.0 Å². The molecule has 0 atom stereocenters. The molecule has 0 aliphatic carbocycles. The van der Waals surface area contributed by atoms with Crippen LogP contribution in [-0.4, -0.2) is 0 Å². The van der Waals surface area contributed by atoms with Gasteiger partial charge in [0, 0.05) is 23.5 Å². The summed E-state index contributed by atoms with van der Waals surface area (Å²) in [4.78, 5) is 2.42. The summed E-state index contributed by atoms with van der Waals surface area (Å²) in [5, 5.41) is 0. The molecule has 0 saturated carbocycles. The third kappa shape index (κ3) is 4.37. The fraction of sp³-hybridized carbons (Fsp3) is 0.0811. The smallest absolute Gasteiger partial charge is 0.0494 e. The lowest BCUT2D eigenvalue weighted by atomic mass is 9.92. The van der Waals surface area contributed by atoms with Crippen LogP contribution in [-0.2, 0) is 6.54 Å². The van der Waals surface area contributed by atoms with Gasteiger partial charge in [0.1, 0.15) is 0 Å². The molecule has 0 saturated heterocycles. The summed E-state index contributed by atoms with van der Waals surface area (Å²) in [6.07, 6.45) is 4.28. The molecule has 0 bridgehead atoms. The van der Waals surface area contributed by atoms with Gasteiger partial charge in [-0.15, -0.1) is 0 Å². The molecule has 0 aromatic heterocycles. The molecule has 1 heterocycles. The first kappa shape index (κ1) is 23.8. The Morgan fingerprint density at radius 3 is 2.11 bits per heavy atom. The summed E-state index contributed by atoms with van der Waals surface area (Å²) >= 11 is 0. The summed E-state index contributed by atoms with van der Waals surface area (Å²) in [5.41, 5.74) is 14.5. The van der Waals surface area contributed by atoms with E-state index in [9.17, 15) is 0 Å². The second-order valence-corrected chi connectivity index (χ2v) is 9.94. The molecule has 184 valence electrons. The molecule has 1 aliphatic heterocycles. The molecule has 0 radical (unpaired) electrons. The van der Waals surface area contributed by atoms with Crippen LogP contribution >= 0.6 is 0 Å². The van der Waals surface area contributed by atoms with E-state index in [1.165, 1.54) is 61.4 Å². The summed E-state index contributed by atoms with van der Waals surface area (Å²) in [6.45, 7) is 9.62. The van der Waals surface area contributed by atoms with Crippen molar-refractivity contribution in [3.8, 4) is 22.3 Å². The van der Waals surface area contributed by atoms with E-state index in [4.69, 9.17) is 0 Å². The van der Waals surface area contributed by atoms with Crippen molar-refractivity contribution < 1.29 is 0 Å². The zero-order valence-electron chi connectivity index (χ0n) is 22.0. The first-order valence-corrected chi connectivity index (χ1v) is 13.2. The zero-order chi connectivity index (χ0) is 26.1. The number of benzene rings is 5. The largest absolute Gasteiger partial charge is 0.336 e. The van der Waals surface area contributed by atoms with E-state index in [0.717, 1.165) is 12.1 Å². The number of fused-ring (bicyclic) bond motifs is 2. The van der Waals surface area contributed by atoms with Gasteiger partial charge in [0.2, 0.25) is 0 Å². The minimum absolute atomic E-state index is 0.794. The highest BCUT2D eigenvalue weighted by Gasteiger charge is 2.23. The maximum absolute atomic E-state index is 4.60. The van der Waals surface area contributed by atoms with Crippen LogP contribution in [0.2, 0.25) is 0 Å². The quantitative estimate of drug-likeness (QED) is 0.243. The van der Waals surface area contributed by atoms with Crippen LogP contribution in [0.3, 0.4) is 0 Å². The highest BCUT2D eigenvalue weighted by Crippen LogP contribution is 2.42. The van der Waals surface area contributed by atoms with Gasteiger partial charge >= 0.3 is 0 Å². The van der Waals surface area contributed by atoms with Gasteiger partial charge in [-0.25, -0.2) is 0 Å². The van der Waals surface area contributed by atoms with Crippen molar-refractivity contribution in [2.75, 3.05) is 4.90 Å². The van der Waals surface area contributed by atoms with Crippen LogP contribution in [0.15, 0.2) is 128 Å². The SMILES string of the molecule is C=C1c2ccccc2CN(c2ccc(-c3ccccc3)cc2)c2ccc(-c3ccc(C)c(/C=C\C)c3)cc21. The minimum atomic E-state index is 0.794. The highest BCUT2D eigenvalue weighted by atomic mass is 15.1. The Labute approximate surface area is 226 Å². The predicted molar refractivity (Wildman–Crippen MR) is 164 cm³/mol. The van der Waals surface area contributed by atoms with Crippen LogP contribution in [0.5, 0.6) is 0 Å². The van der Waals surface area contributed by atoms with Gasteiger partial charge in [0.05, 0.1) is 0 Å². The van der Waals surface area contributed by atoms with Crippen molar-refractivity contribution in [2.45, 2.75) is 20.4 Å². The molecule has 0 amide bonds. The second kappa shape index (κ2) is 10.0. The average Bonchev–Trinajstić information content (AvgIpc) is 3.09. The summed E-state index contributed by atoms with van der Waals surface area (Å²) in [5.74, 6) is 0. The molecule has 5 aromatic carbocycles. The van der Waals surface area contributed by atoms with Crippen molar-refractivity contribution in [1.29, 1.82) is 0 Å². The van der Waals surface area contributed by atoms with E-state index in [2.05, 4.69) is 153 Å². The molecule has 0 fully saturated rings. The number of anilines is 2. The first-order chi connectivity index (χ1) is 18.6. The fourth-order valence-electron chi connectivity index (χ4n) is 5.42. The molecular weight excluding hydrogens is 458 g/mol. The number of allylic oxidation sites excluding steroid dienone is 1. The number of hydrogen-bond acceptors (Lipinski definition) is 1. The van der Waals surface area contributed by atoms with Gasteiger partial charge in [0.15, 0.2) is 0 Å². The van der Waals surface area contributed by atoms with Crippen LogP contribution in [0.25, 0.3) is 33.9 Å². The maximum Gasteiger partial charge on any atom is 0.0494 e. The van der Waals surface area contributed by atoms with Crippen LogP contribution in [0, 0.1) is 6.92 Å². The van der Waals surface area contributed by atoms with E-state index in [1.807, 2.05) is 0 Å². The third-order valence-electron chi connectivity index (χ3n) is 7.53. The Morgan fingerprint density at radius 1 is 0.658 bits per heavy atom. The van der Waals surface area contributed by atoms with Gasteiger partial charge in [-0.1, -0.05) is 104 Å². The van der Waals surface area contributed by atoms with Gasteiger partial charge in [-0.3, -0.25) is 0 Å². The fourth-order valence-corrected chi connectivity index (χ4v) is 5.42. The Balaban J connectivity index is 1.47. The van der Waals surface area contributed by atoms with E-state index in [1.54, 1.807) is 0 Å². The maximum atomic E-state index is 4.60. The van der Waals surface area contributed by atoms with Crippen molar-refractivity contribution in [2.24, 2.45) is 0 Å². The Hall–Kier alpha value is -4.62. The highest BCUT2D eigenvalue weighted by molar-refractivity contribution is 5.92. The van der Waals surface area contributed by atoms with Crippen LogP contribution < -0.4 is 4.90 Å². The van der Waals surface area contributed by atoms with Gasteiger partial charge in [0.25, 0.3) is 0 Å². The standard InChI is InChI=1S/C37H31N/c1-4-10-30-23-31(16-15-26(30)2)32-19-22-37-36(24-32)27(3)35-14-9-8-13-33(35)25-38(37)34-20-17-29(18-21-34)28-11-6-5-7-12-28/h4-24H,3,25H2,1-2H3/b10-4-. The van der Waals surface area contributed by atoms with Gasteiger partial charge < -0.3 is 4.90 Å².